The van der Waals surface area contributed by atoms with Crippen LogP contribution in [0.15, 0.2) is 16.6 Å². The summed E-state index contributed by atoms with van der Waals surface area (Å²) in [5, 5.41) is 0. The van der Waals surface area contributed by atoms with Crippen molar-refractivity contribution in [2.75, 3.05) is 0 Å². The third-order valence-electron chi connectivity index (χ3n) is 2.25. The van der Waals surface area contributed by atoms with Crippen molar-refractivity contribution < 1.29 is 13.2 Å². The first-order chi connectivity index (χ1) is 6.73. The topological polar surface area (TPSA) is 0 Å². The first kappa shape index (κ1) is 12.6. The Balaban J connectivity index is 3.38. The van der Waals surface area contributed by atoms with Gasteiger partial charge in [0.15, 0.2) is 0 Å². The second kappa shape index (κ2) is 4.16. The first-order valence-electron chi connectivity index (χ1n) is 4.60. The van der Waals surface area contributed by atoms with Crippen LogP contribution >= 0.6 is 15.9 Å². The molecule has 0 N–H and O–H groups in total. The Hall–Kier alpha value is -0.510. The van der Waals surface area contributed by atoms with Crippen molar-refractivity contribution in [3.63, 3.8) is 0 Å². The zero-order chi connectivity index (χ0) is 11.8. The van der Waals surface area contributed by atoms with Crippen LogP contribution in [0, 0.1) is 6.92 Å². The normalized spacial score (nSPS) is 12.3. The van der Waals surface area contributed by atoms with Gasteiger partial charge in [0, 0.05) is 4.47 Å². The molecule has 1 rings (SSSR count). The smallest absolute Gasteiger partial charge is 0.166 e. The lowest BCUT2D eigenvalue weighted by Crippen LogP contribution is -2.08. The Kier molecular flexibility index (Phi) is 3.48. The molecule has 1 aromatic rings. The molecule has 0 radical (unpaired) electrons. The molecule has 0 saturated carbocycles. The van der Waals surface area contributed by atoms with Crippen molar-refractivity contribution in [1.29, 1.82) is 0 Å². The van der Waals surface area contributed by atoms with E-state index in [1.807, 2.05) is 13.8 Å². The van der Waals surface area contributed by atoms with E-state index in [-0.39, 0.29) is 10.4 Å². The molecule has 4 heteroatoms. The highest BCUT2D eigenvalue weighted by atomic mass is 79.9. The van der Waals surface area contributed by atoms with Gasteiger partial charge in [-0.1, -0.05) is 19.9 Å². The van der Waals surface area contributed by atoms with Crippen LogP contribution < -0.4 is 0 Å². The summed E-state index contributed by atoms with van der Waals surface area (Å²) in [5.74, 6) is 0.0953. The summed E-state index contributed by atoms with van der Waals surface area (Å²) < 4.78 is 38.1. The molecule has 0 amide bonds. The summed E-state index contributed by atoms with van der Waals surface area (Å²) in [6.45, 7) is 5.43. The van der Waals surface area contributed by atoms with Gasteiger partial charge in [-0.2, -0.15) is 13.2 Å². The minimum absolute atomic E-state index is 0.0953. The summed E-state index contributed by atoms with van der Waals surface area (Å²) in [4.78, 5) is 0. The van der Waals surface area contributed by atoms with Crippen LogP contribution in [0.2, 0.25) is 0 Å². The van der Waals surface area contributed by atoms with Crippen LogP contribution in [0.25, 0.3) is 0 Å². The predicted octanol–water partition coefficient (Wildman–Crippen LogP) is 4.90. The molecule has 0 unspecified atom stereocenters. The Labute approximate surface area is 95.6 Å². The van der Waals surface area contributed by atoms with Gasteiger partial charge in [0.05, 0.1) is 5.56 Å². The van der Waals surface area contributed by atoms with Gasteiger partial charge in [-0.25, -0.2) is 0 Å². The fourth-order valence-corrected chi connectivity index (χ4v) is 1.79. The van der Waals surface area contributed by atoms with E-state index in [1.165, 1.54) is 6.07 Å². The number of hydrogen-bond acceptors (Lipinski definition) is 0. The van der Waals surface area contributed by atoms with Crippen LogP contribution in [0.1, 0.15) is 36.5 Å². The summed E-state index contributed by atoms with van der Waals surface area (Å²) in [6, 6.07) is 2.99. The molecule has 0 saturated heterocycles. The van der Waals surface area contributed by atoms with E-state index < -0.39 is 11.7 Å². The number of rotatable bonds is 1. The summed E-state index contributed by atoms with van der Waals surface area (Å²) in [5.41, 5.74) is 0.739. The number of halogens is 4. The summed E-state index contributed by atoms with van der Waals surface area (Å²) >= 11 is 2.98. The van der Waals surface area contributed by atoms with Gasteiger partial charge in [-0.3, -0.25) is 0 Å². The van der Waals surface area contributed by atoms with Crippen molar-refractivity contribution >= 4 is 15.9 Å². The maximum absolute atomic E-state index is 12.6. The maximum Gasteiger partial charge on any atom is 0.417 e. The van der Waals surface area contributed by atoms with Gasteiger partial charge in [0.1, 0.15) is 0 Å². The molecule has 0 bridgehead atoms. The van der Waals surface area contributed by atoms with Gasteiger partial charge < -0.3 is 0 Å². The van der Waals surface area contributed by atoms with E-state index >= 15 is 0 Å². The predicted molar refractivity (Wildman–Crippen MR) is 58.0 cm³/mol. The molecule has 0 aliphatic rings. The minimum atomic E-state index is -4.30. The van der Waals surface area contributed by atoms with Crippen LogP contribution in [0.4, 0.5) is 13.2 Å². The quantitative estimate of drug-likeness (QED) is 0.686. The largest absolute Gasteiger partial charge is 0.417 e. The molecule has 1 aromatic carbocycles. The van der Waals surface area contributed by atoms with Crippen LogP contribution in [0.3, 0.4) is 0 Å². The zero-order valence-electron chi connectivity index (χ0n) is 8.74. The molecule has 0 atom stereocenters. The number of hydrogen-bond donors (Lipinski definition) is 0. The van der Waals surface area contributed by atoms with Crippen molar-refractivity contribution in [2.24, 2.45) is 0 Å². The second-order valence-corrected chi connectivity index (χ2v) is 4.64. The standard InChI is InChI=1S/C11H12BrF3/c1-6(2)8-4-7(3)10(12)9(5-8)11(13,14)15/h4-6H,1-3H3. The maximum atomic E-state index is 12.6. The minimum Gasteiger partial charge on any atom is -0.166 e. The van der Waals surface area contributed by atoms with E-state index in [0.29, 0.717) is 11.1 Å². The van der Waals surface area contributed by atoms with E-state index in [4.69, 9.17) is 0 Å². The van der Waals surface area contributed by atoms with Crippen molar-refractivity contribution in [3.8, 4) is 0 Å². The van der Waals surface area contributed by atoms with Crippen molar-refractivity contribution in [2.45, 2.75) is 32.9 Å². The number of benzene rings is 1. The monoisotopic (exact) mass is 280 g/mol. The highest BCUT2D eigenvalue weighted by Gasteiger charge is 2.34. The van der Waals surface area contributed by atoms with Gasteiger partial charge >= 0.3 is 6.18 Å². The van der Waals surface area contributed by atoms with Crippen LogP contribution in [-0.4, -0.2) is 0 Å². The van der Waals surface area contributed by atoms with Gasteiger partial charge in [-0.15, -0.1) is 0 Å². The average molecular weight is 281 g/mol. The van der Waals surface area contributed by atoms with E-state index in [1.54, 1.807) is 13.0 Å². The van der Waals surface area contributed by atoms with E-state index in [2.05, 4.69) is 15.9 Å². The molecule has 15 heavy (non-hydrogen) atoms. The van der Waals surface area contributed by atoms with Gasteiger partial charge in [-0.05, 0) is 46.0 Å². The molecule has 0 nitrogen and oxygen atoms in total. The molecule has 0 heterocycles. The summed E-state index contributed by atoms with van der Waals surface area (Å²) in [6.07, 6.45) is -4.30. The van der Waals surface area contributed by atoms with Crippen molar-refractivity contribution in [1.82, 2.24) is 0 Å². The first-order valence-corrected chi connectivity index (χ1v) is 5.40. The highest BCUT2D eigenvalue weighted by molar-refractivity contribution is 9.10. The van der Waals surface area contributed by atoms with Crippen LogP contribution in [0.5, 0.6) is 0 Å². The number of aryl methyl sites for hydroxylation is 1. The zero-order valence-corrected chi connectivity index (χ0v) is 10.3. The lowest BCUT2D eigenvalue weighted by molar-refractivity contribution is -0.138. The lowest BCUT2D eigenvalue weighted by Gasteiger charge is -2.15. The molecule has 0 aliphatic heterocycles. The molecule has 0 aliphatic carbocycles. The summed E-state index contributed by atoms with van der Waals surface area (Å²) in [7, 11) is 0. The van der Waals surface area contributed by atoms with Crippen molar-refractivity contribution in [3.05, 3.63) is 33.3 Å². The second-order valence-electron chi connectivity index (χ2n) is 3.85. The molecule has 84 valence electrons. The highest BCUT2D eigenvalue weighted by Crippen LogP contribution is 2.38. The van der Waals surface area contributed by atoms with Gasteiger partial charge in [0.25, 0.3) is 0 Å². The third kappa shape index (κ3) is 2.74. The average Bonchev–Trinajstić information content (AvgIpc) is 2.06. The Morgan fingerprint density at radius 3 is 2.13 bits per heavy atom. The fraction of sp³-hybridized carbons (Fsp3) is 0.455. The Morgan fingerprint density at radius 1 is 1.20 bits per heavy atom. The number of alkyl halides is 3. The van der Waals surface area contributed by atoms with Gasteiger partial charge in [0.2, 0.25) is 0 Å². The molecular formula is C11H12BrF3. The Bertz CT molecular complexity index is 367. The van der Waals surface area contributed by atoms with E-state index in [0.717, 1.165) is 0 Å². The third-order valence-corrected chi connectivity index (χ3v) is 3.30. The van der Waals surface area contributed by atoms with E-state index in [9.17, 15) is 13.2 Å². The Morgan fingerprint density at radius 2 is 1.73 bits per heavy atom. The molecule has 0 aromatic heterocycles. The fourth-order valence-electron chi connectivity index (χ4n) is 1.34. The molecule has 0 fully saturated rings. The van der Waals surface area contributed by atoms with Crippen LogP contribution in [-0.2, 0) is 6.18 Å². The molecule has 0 spiro atoms. The SMILES string of the molecule is Cc1cc(C(C)C)cc(C(F)(F)F)c1Br. The molecular weight excluding hydrogens is 269 g/mol. The lowest BCUT2D eigenvalue weighted by atomic mass is 9.98.